The fourth-order valence-corrected chi connectivity index (χ4v) is 6.88. The zero-order valence-corrected chi connectivity index (χ0v) is 22.7. The molecule has 5 rings (SSSR count). The molecule has 7 nitrogen and oxygen atoms in total. The molecule has 2 unspecified atom stereocenters. The summed E-state index contributed by atoms with van der Waals surface area (Å²) >= 11 is 7.79. The molecule has 0 spiro atoms. The van der Waals surface area contributed by atoms with E-state index in [0.29, 0.717) is 35.3 Å². The molecule has 3 aromatic rings. The summed E-state index contributed by atoms with van der Waals surface area (Å²) in [4.78, 5) is 21.0. The maximum atomic E-state index is 13.5. The minimum Gasteiger partial charge on any atom is -0.372 e. The van der Waals surface area contributed by atoms with Crippen molar-refractivity contribution >= 4 is 38.9 Å². The van der Waals surface area contributed by atoms with E-state index < -0.39 is 10.0 Å². The quantitative estimate of drug-likeness (QED) is 0.474. The van der Waals surface area contributed by atoms with E-state index in [1.54, 1.807) is 24.0 Å². The van der Waals surface area contributed by atoms with Gasteiger partial charge in [0.2, 0.25) is 10.0 Å². The molecule has 1 aliphatic heterocycles. The van der Waals surface area contributed by atoms with Gasteiger partial charge in [-0.3, -0.25) is 4.79 Å². The van der Waals surface area contributed by atoms with Crippen molar-refractivity contribution in [2.75, 3.05) is 13.1 Å². The number of aromatic nitrogens is 1. The molecule has 2 aromatic carbocycles. The number of thiazole rings is 1. The van der Waals surface area contributed by atoms with E-state index in [-0.39, 0.29) is 23.0 Å². The smallest absolute Gasteiger partial charge is 0.283 e. The lowest BCUT2D eigenvalue weighted by Gasteiger charge is -2.34. The monoisotopic (exact) mass is 545 g/mol. The minimum atomic E-state index is -3.84. The summed E-state index contributed by atoms with van der Waals surface area (Å²) in [6.07, 6.45) is 2.11. The molecule has 10 heteroatoms. The summed E-state index contributed by atoms with van der Waals surface area (Å²) in [5.41, 5.74) is 3.96. The molecular formula is C26H28ClN3O4S2. The molecule has 1 aliphatic carbocycles. The van der Waals surface area contributed by atoms with E-state index in [1.165, 1.54) is 17.4 Å². The highest BCUT2D eigenvalue weighted by Crippen LogP contribution is 2.46. The second kappa shape index (κ2) is 9.54. The molecule has 190 valence electrons. The van der Waals surface area contributed by atoms with Gasteiger partial charge in [0.25, 0.3) is 5.91 Å². The predicted octanol–water partition coefficient (Wildman–Crippen LogP) is 5.21. The first-order chi connectivity index (χ1) is 17.0. The molecule has 0 bridgehead atoms. The Labute approximate surface area is 220 Å². The maximum Gasteiger partial charge on any atom is 0.283 e. The number of ether oxygens (including phenoxy) is 1. The first-order valence-electron chi connectivity index (χ1n) is 11.9. The summed E-state index contributed by atoms with van der Waals surface area (Å²) in [6.45, 7) is 6.62. The SMILES string of the molecule is Cc1cc(-c2sc(C(=O)N3CC(C)OC(C)C3)nc2-c2ccc(Cl)c(C3CC3)c2)ccc1S(N)(=O)=O. The van der Waals surface area contributed by atoms with Crippen LogP contribution in [0.2, 0.25) is 5.02 Å². The number of benzene rings is 2. The number of aryl methyl sites for hydroxylation is 1. The van der Waals surface area contributed by atoms with Crippen LogP contribution in [0, 0.1) is 6.92 Å². The van der Waals surface area contributed by atoms with Crippen LogP contribution in [0.3, 0.4) is 0 Å². The molecule has 2 N–H and O–H groups in total. The van der Waals surface area contributed by atoms with Crippen LogP contribution in [0.5, 0.6) is 0 Å². The van der Waals surface area contributed by atoms with E-state index in [1.807, 2.05) is 26.0 Å². The number of hydrogen-bond acceptors (Lipinski definition) is 6. The van der Waals surface area contributed by atoms with E-state index in [9.17, 15) is 13.2 Å². The molecule has 0 radical (unpaired) electrons. The number of rotatable bonds is 5. The van der Waals surface area contributed by atoms with Gasteiger partial charge in [-0.1, -0.05) is 23.7 Å². The first-order valence-corrected chi connectivity index (χ1v) is 14.6. The number of carbonyl (C=O) groups excluding carboxylic acids is 1. The van der Waals surface area contributed by atoms with Crippen molar-refractivity contribution in [3.05, 3.63) is 57.6 Å². The molecule has 2 aliphatic rings. The fraction of sp³-hybridized carbons (Fsp3) is 0.385. The summed E-state index contributed by atoms with van der Waals surface area (Å²) in [7, 11) is -3.84. The van der Waals surface area contributed by atoms with E-state index >= 15 is 0 Å². The van der Waals surface area contributed by atoms with Crippen LogP contribution in [0.1, 0.15) is 53.5 Å². The molecule has 1 amide bonds. The number of sulfonamides is 1. The standard InChI is InChI=1S/C26H28ClN3O4S2/c1-14-10-19(7-9-22(14)36(28,32)33)24-23(18-6-8-21(27)20(11-18)17-4-5-17)29-25(35-24)26(31)30-12-15(2)34-16(3)13-30/h6-11,15-17H,4-5,12-13H2,1-3H3,(H2,28,32,33). The summed E-state index contributed by atoms with van der Waals surface area (Å²) in [5, 5.41) is 6.49. The largest absolute Gasteiger partial charge is 0.372 e. The molecule has 36 heavy (non-hydrogen) atoms. The Balaban J connectivity index is 1.61. The highest BCUT2D eigenvalue weighted by atomic mass is 35.5. The van der Waals surface area contributed by atoms with Gasteiger partial charge in [-0.05, 0) is 80.5 Å². The van der Waals surface area contributed by atoms with Crippen molar-refractivity contribution in [2.24, 2.45) is 5.14 Å². The van der Waals surface area contributed by atoms with E-state index in [0.717, 1.165) is 39.4 Å². The van der Waals surface area contributed by atoms with Gasteiger partial charge in [0.15, 0.2) is 5.01 Å². The van der Waals surface area contributed by atoms with Crippen LogP contribution in [0.15, 0.2) is 41.3 Å². The molecule has 2 fully saturated rings. The van der Waals surface area contributed by atoms with Crippen molar-refractivity contribution in [3.63, 3.8) is 0 Å². The van der Waals surface area contributed by atoms with Crippen molar-refractivity contribution < 1.29 is 17.9 Å². The maximum absolute atomic E-state index is 13.5. The van der Waals surface area contributed by atoms with E-state index in [2.05, 4.69) is 6.07 Å². The van der Waals surface area contributed by atoms with Crippen molar-refractivity contribution in [3.8, 4) is 21.7 Å². The Hall–Kier alpha value is -2.30. The first kappa shape index (κ1) is 25.4. The second-order valence-corrected chi connectivity index (χ2v) is 12.6. The van der Waals surface area contributed by atoms with Gasteiger partial charge in [-0.15, -0.1) is 11.3 Å². The third-order valence-electron chi connectivity index (χ3n) is 6.55. The number of nitrogens with zero attached hydrogens (tertiary/aromatic N) is 2. The van der Waals surface area contributed by atoms with Gasteiger partial charge in [0.1, 0.15) is 0 Å². The van der Waals surface area contributed by atoms with Crippen LogP contribution in [-0.4, -0.2) is 49.5 Å². The van der Waals surface area contributed by atoms with Gasteiger partial charge in [-0.2, -0.15) is 0 Å². The molecular weight excluding hydrogens is 518 g/mol. The predicted molar refractivity (Wildman–Crippen MR) is 142 cm³/mol. The van der Waals surface area contributed by atoms with Gasteiger partial charge in [0, 0.05) is 23.7 Å². The number of amides is 1. The lowest BCUT2D eigenvalue weighted by Crippen LogP contribution is -2.48. The Bertz CT molecular complexity index is 1440. The second-order valence-electron chi connectivity index (χ2n) is 9.70. The lowest BCUT2D eigenvalue weighted by atomic mass is 10.0. The van der Waals surface area contributed by atoms with Crippen LogP contribution in [-0.2, 0) is 14.8 Å². The summed E-state index contributed by atoms with van der Waals surface area (Å²) < 4.78 is 29.7. The van der Waals surface area contributed by atoms with Gasteiger partial charge < -0.3 is 9.64 Å². The zero-order valence-electron chi connectivity index (χ0n) is 20.3. The van der Waals surface area contributed by atoms with Gasteiger partial charge in [-0.25, -0.2) is 18.5 Å². The van der Waals surface area contributed by atoms with Crippen molar-refractivity contribution in [1.82, 2.24) is 9.88 Å². The number of primary sulfonamides is 1. The number of carbonyl (C=O) groups is 1. The molecule has 2 atom stereocenters. The molecule has 1 aromatic heterocycles. The highest BCUT2D eigenvalue weighted by molar-refractivity contribution is 7.89. The third kappa shape index (κ3) is 5.08. The van der Waals surface area contributed by atoms with Crippen molar-refractivity contribution in [2.45, 2.75) is 56.6 Å². The lowest BCUT2D eigenvalue weighted by molar-refractivity contribution is -0.0586. The Morgan fingerprint density at radius 2 is 1.78 bits per heavy atom. The molecule has 1 saturated heterocycles. The van der Waals surface area contributed by atoms with E-state index in [4.69, 9.17) is 26.5 Å². The van der Waals surface area contributed by atoms with Crippen LogP contribution < -0.4 is 5.14 Å². The minimum absolute atomic E-state index is 0.0534. The number of hydrogen-bond donors (Lipinski definition) is 1. The zero-order chi connectivity index (χ0) is 25.8. The van der Waals surface area contributed by atoms with Gasteiger partial charge in [0.05, 0.1) is 27.7 Å². The highest BCUT2D eigenvalue weighted by Gasteiger charge is 2.31. The number of nitrogens with two attached hydrogens (primary N) is 1. The van der Waals surface area contributed by atoms with Gasteiger partial charge >= 0.3 is 0 Å². The van der Waals surface area contributed by atoms with Crippen molar-refractivity contribution in [1.29, 1.82) is 0 Å². The Morgan fingerprint density at radius 3 is 2.39 bits per heavy atom. The molecule has 2 heterocycles. The normalized spacial score (nSPS) is 20.5. The van der Waals surface area contributed by atoms with Crippen LogP contribution >= 0.6 is 22.9 Å². The number of halogens is 1. The summed E-state index contributed by atoms with van der Waals surface area (Å²) in [5.74, 6) is 0.317. The fourth-order valence-electron chi connectivity index (χ4n) is 4.79. The Kier molecular flexibility index (Phi) is 6.72. The Morgan fingerprint density at radius 1 is 1.11 bits per heavy atom. The van der Waals surface area contributed by atoms with Crippen LogP contribution in [0.25, 0.3) is 21.7 Å². The average molecular weight is 546 g/mol. The summed E-state index contributed by atoms with van der Waals surface area (Å²) in [6, 6.07) is 10.9. The number of morpholine rings is 1. The topological polar surface area (TPSA) is 103 Å². The van der Waals surface area contributed by atoms with Crippen LogP contribution in [0.4, 0.5) is 0 Å². The third-order valence-corrected chi connectivity index (χ3v) is 9.05. The molecule has 1 saturated carbocycles. The average Bonchev–Trinajstić information content (AvgIpc) is 3.55.